The average molecular weight is 437 g/mol. The van der Waals surface area contributed by atoms with Crippen LogP contribution in [0, 0.1) is 5.41 Å². The van der Waals surface area contributed by atoms with E-state index >= 15 is 0 Å². The van der Waals surface area contributed by atoms with E-state index in [1.54, 1.807) is 14.2 Å². The lowest BCUT2D eigenvalue weighted by molar-refractivity contribution is -0.161. The largest absolute Gasteiger partial charge is 0.493 e. The Morgan fingerprint density at radius 1 is 0.969 bits per heavy atom. The molecule has 168 valence electrons. The Morgan fingerprint density at radius 3 is 2.41 bits per heavy atom. The smallest absolute Gasteiger partial charge is 0.315 e. The molecule has 0 amide bonds. The van der Waals surface area contributed by atoms with Crippen LogP contribution in [-0.2, 0) is 16.0 Å². The van der Waals surface area contributed by atoms with Gasteiger partial charge in [-0.1, -0.05) is 18.2 Å². The number of fused-ring (bicyclic) bond motifs is 1. The molecule has 0 N–H and O–H groups in total. The zero-order valence-corrected chi connectivity index (χ0v) is 18.6. The molecule has 0 spiro atoms. The van der Waals surface area contributed by atoms with Gasteiger partial charge in [-0.05, 0) is 61.8 Å². The number of Topliss-reactive ketones (excluding diaryl/α,β-unsaturated/α-hetero) is 1. The van der Waals surface area contributed by atoms with E-state index < -0.39 is 5.41 Å². The summed E-state index contributed by atoms with van der Waals surface area (Å²) in [6.45, 7) is 0.225. The fourth-order valence-electron chi connectivity index (χ4n) is 4.53. The molecule has 2 aromatic carbocycles. The summed E-state index contributed by atoms with van der Waals surface area (Å²) in [5.74, 6) is 1.58. The van der Waals surface area contributed by atoms with Crippen LogP contribution in [0.25, 0.3) is 11.1 Å². The summed E-state index contributed by atoms with van der Waals surface area (Å²) >= 11 is 0. The molecule has 0 heterocycles. The molecule has 6 heteroatoms. The van der Waals surface area contributed by atoms with Gasteiger partial charge in [-0.25, -0.2) is 0 Å². The first-order chi connectivity index (χ1) is 15.6. The van der Waals surface area contributed by atoms with Crippen molar-refractivity contribution in [3.8, 4) is 28.4 Å². The lowest BCUT2D eigenvalue weighted by Crippen LogP contribution is -2.32. The quantitative estimate of drug-likeness (QED) is 0.556. The second-order valence-electron chi connectivity index (χ2n) is 8.96. The van der Waals surface area contributed by atoms with Gasteiger partial charge in [0.2, 0.25) is 5.75 Å². The molecule has 0 aromatic heterocycles. The molecule has 3 aliphatic carbocycles. The lowest BCUT2D eigenvalue weighted by atomic mass is 9.95. The van der Waals surface area contributed by atoms with Crippen molar-refractivity contribution in [2.24, 2.45) is 5.41 Å². The molecule has 0 bridgehead atoms. The Bertz CT molecular complexity index is 1060. The molecule has 3 aliphatic rings. The number of esters is 1. The maximum absolute atomic E-state index is 12.8. The van der Waals surface area contributed by atoms with Crippen LogP contribution < -0.4 is 14.2 Å². The van der Waals surface area contributed by atoms with E-state index in [9.17, 15) is 9.59 Å². The molecule has 2 fully saturated rings. The van der Waals surface area contributed by atoms with E-state index in [0.29, 0.717) is 30.1 Å². The van der Waals surface area contributed by atoms with Gasteiger partial charge in [0.15, 0.2) is 17.3 Å². The Balaban J connectivity index is 1.49. The summed E-state index contributed by atoms with van der Waals surface area (Å²) in [5.41, 5.74) is 2.99. The van der Waals surface area contributed by atoms with Crippen molar-refractivity contribution in [2.75, 3.05) is 20.8 Å². The summed E-state index contributed by atoms with van der Waals surface area (Å²) in [4.78, 5) is 25.1. The summed E-state index contributed by atoms with van der Waals surface area (Å²) in [6, 6.07) is 9.56. The van der Waals surface area contributed by atoms with Gasteiger partial charge >= 0.3 is 5.97 Å². The van der Waals surface area contributed by atoms with E-state index in [1.807, 2.05) is 30.3 Å². The monoisotopic (exact) mass is 436 g/mol. The third kappa shape index (κ3) is 3.51. The minimum absolute atomic E-state index is 0.0614. The fraction of sp³-hybridized carbons (Fsp3) is 0.462. The minimum Gasteiger partial charge on any atom is -0.493 e. The number of ketones is 1. The molecule has 5 rings (SSSR count). The molecule has 2 saturated carbocycles. The Hall–Kier alpha value is -3.02. The highest BCUT2D eigenvalue weighted by Gasteiger charge is 2.53. The third-order valence-electron chi connectivity index (χ3n) is 6.97. The molecule has 0 unspecified atom stereocenters. The van der Waals surface area contributed by atoms with E-state index in [-0.39, 0.29) is 24.5 Å². The number of rotatable bonds is 8. The SMILES string of the molecule is COc1ccc(-c2cccc3c2CCC3=O)c(OCC2(C(=O)OC3CCC3)CC2)c1OC. The molecule has 0 radical (unpaired) electrons. The molecule has 0 atom stereocenters. The van der Waals surface area contributed by atoms with E-state index in [2.05, 4.69) is 0 Å². The topological polar surface area (TPSA) is 71.1 Å². The first-order valence-electron chi connectivity index (χ1n) is 11.3. The van der Waals surface area contributed by atoms with Crippen LogP contribution >= 0.6 is 0 Å². The minimum atomic E-state index is -0.588. The molecule has 0 saturated heterocycles. The normalized spacial score (nSPS) is 18.5. The summed E-state index contributed by atoms with van der Waals surface area (Å²) in [7, 11) is 3.16. The van der Waals surface area contributed by atoms with Crippen LogP contribution in [0.1, 0.15) is 54.4 Å². The highest BCUT2D eigenvalue weighted by atomic mass is 16.6. The summed E-state index contributed by atoms with van der Waals surface area (Å²) in [5, 5.41) is 0. The number of methoxy groups -OCH3 is 2. The van der Waals surface area contributed by atoms with Crippen molar-refractivity contribution < 1.29 is 28.5 Å². The molecular formula is C26H28O6. The van der Waals surface area contributed by atoms with Crippen LogP contribution in [0.5, 0.6) is 17.2 Å². The first kappa shape index (κ1) is 20.9. The molecule has 0 aliphatic heterocycles. The van der Waals surface area contributed by atoms with Crippen molar-refractivity contribution in [1.82, 2.24) is 0 Å². The van der Waals surface area contributed by atoms with Gasteiger partial charge in [0.05, 0.1) is 14.2 Å². The standard InChI is InChI=1S/C26H28O6/c1-29-22-12-10-20(17-7-4-8-19-18(17)9-11-21(19)27)23(24(22)30-2)31-15-26(13-14-26)25(28)32-16-5-3-6-16/h4,7-8,10,12,16H,3,5-6,9,11,13-15H2,1-2H3. The zero-order chi connectivity index (χ0) is 22.3. The first-order valence-corrected chi connectivity index (χ1v) is 11.3. The number of benzene rings is 2. The van der Waals surface area contributed by atoms with Crippen molar-refractivity contribution in [3.63, 3.8) is 0 Å². The number of hydrogen-bond acceptors (Lipinski definition) is 6. The van der Waals surface area contributed by atoms with Crippen LogP contribution in [0.3, 0.4) is 0 Å². The molecular weight excluding hydrogens is 408 g/mol. The second kappa shape index (κ2) is 8.15. The van der Waals surface area contributed by atoms with Crippen LogP contribution in [0.4, 0.5) is 0 Å². The zero-order valence-electron chi connectivity index (χ0n) is 18.6. The fourth-order valence-corrected chi connectivity index (χ4v) is 4.53. The molecule has 2 aromatic rings. The van der Waals surface area contributed by atoms with E-state index in [0.717, 1.165) is 54.4 Å². The van der Waals surface area contributed by atoms with Gasteiger partial charge in [0.1, 0.15) is 18.1 Å². The van der Waals surface area contributed by atoms with Gasteiger partial charge in [-0.2, -0.15) is 0 Å². The second-order valence-corrected chi connectivity index (χ2v) is 8.96. The van der Waals surface area contributed by atoms with E-state index in [1.165, 1.54) is 0 Å². The Kier molecular flexibility index (Phi) is 5.31. The van der Waals surface area contributed by atoms with Gasteiger partial charge in [-0.3, -0.25) is 9.59 Å². The van der Waals surface area contributed by atoms with Gasteiger partial charge in [0, 0.05) is 17.5 Å². The summed E-state index contributed by atoms with van der Waals surface area (Å²) in [6.07, 6.45) is 5.83. The van der Waals surface area contributed by atoms with Crippen LogP contribution in [0.15, 0.2) is 30.3 Å². The molecule has 6 nitrogen and oxygen atoms in total. The van der Waals surface area contributed by atoms with Gasteiger partial charge in [-0.15, -0.1) is 0 Å². The van der Waals surface area contributed by atoms with Crippen molar-refractivity contribution in [2.45, 2.75) is 51.0 Å². The van der Waals surface area contributed by atoms with Gasteiger partial charge < -0.3 is 18.9 Å². The molecule has 32 heavy (non-hydrogen) atoms. The van der Waals surface area contributed by atoms with Gasteiger partial charge in [0.25, 0.3) is 0 Å². The predicted octanol–water partition coefficient (Wildman–Crippen LogP) is 4.75. The van der Waals surface area contributed by atoms with Crippen LogP contribution in [-0.4, -0.2) is 38.7 Å². The highest BCUT2D eigenvalue weighted by Crippen LogP contribution is 2.51. The lowest BCUT2D eigenvalue weighted by Gasteiger charge is -2.28. The van der Waals surface area contributed by atoms with Crippen molar-refractivity contribution >= 4 is 11.8 Å². The van der Waals surface area contributed by atoms with E-state index in [4.69, 9.17) is 18.9 Å². The average Bonchev–Trinajstić information content (AvgIpc) is 3.49. The Labute approximate surface area is 187 Å². The number of hydrogen-bond donors (Lipinski definition) is 0. The van der Waals surface area contributed by atoms with Crippen molar-refractivity contribution in [3.05, 3.63) is 41.5 Å². The maximum Gasteiger partial charge on any atom is 0.315 e. The van der Waals surface area contributed by atoms with Crippen molar-refractivity contribution in [1.29, 1.82) is 0 Å². The number of ether oxygens (including phenoxy) is 4. The Morgan fingerprint density at radius 2 is 1.75 bits per heavy atom. The predicted molar refractivity (Wildman–Crippen MR) is 119 cm³/mol. The number of carbonyl (C=O) groups is 2. The highest BCUT2D eigenvalue weighted by molar-refractivity contribution is 6.02. The summed E-state index contributed by atoms with van der Waals surface area (Å²) < 4.78 is 23.2. The maximum atomic E-state index is 12.8. The third-order valence-corrected chi connectivity index (χ3v) is 6.97. The van der Waals surface area contributed by atoms with Crippen LogP contribution in [0.2, 0.25) is 0 Å². The number of carbonyl (C=O) groups excluding carboxylic acids is 2.